The standard InChI is InChI=1S/C20H16O6S/c1-11(21)24-15-6-4-14(5-7-15)19-10-17-18(26-13(3)23)8-16(25-12(2)22)9-20(17)27-19/h4-10H,1-3H3. The summed E-state index contributed by atoms with van der Waals surface area (Å²) in [6.07, 6.45) is 0. The third-order valence-electron chi connectivity index (χ3n) is 3.49. The van der Waals surface area contributed by atoms with Gasteiger partial charge in [-0.1, -0.05) is 0 Å². The molecule has 0 aliphatic rings. The first-order chi connectivity index (χ1) is 12.8. The van der Waals surface area contributed by atoms with Gasteiger partial charge in [0.2, 0.25) is 0 Å². The molecule has 0 bridgehead atoms. The topological polar surface area (TPSA) is 78.9 Å². The summed E-state index contributed by atoms with van der Waals surface area (Å²) in [7, 11) is 0. The van der Waals surface area contributed by atoms with Gasteiger partial charge < -0.3 is 14.2 Å². The lowest BCUT2D eigenvalue weighted by atomic mass is 10.1. The van der Waals surface area contributed by atoms with Crippen LogP contribution in [0.1, 0.15) is 20.8 Å². The maximum Gasteiger partial charge on any atom is 0.308 e. The summed E-state index contributed by atoms with van der Waals surface area (Å²) in [4.78, 5) is 34.6. The molecule has 0 atom stereocenters. The Balaban J connectivity index is 2.03. The molecule has 0 aliphatic carbocycles. The first-order valence-corrected chi connectivity index (χ1v) is 8.87. The predicted octanol–water partition coefficient (Wildman–Crippen LogP) is 4.34. The molecule has 0 aliphatic heterocycles. The van der Waals surface area contributed by atoms with Crippen molar-refractivity contribution in [3.8, 4) is 27.7 Å². The normalized spacial score (nSPS) is 10.5. The highest BCUT2D eigenvalue weighted by atomic mass is 32.1. The number of thiophene rings is 1. The van der Waals surface area contributed by atoms with Crippen molar-refractivity contribution in [3.63, 3.8) is 0 Å². The number of ether oxygens (including phenoxy) is 3. The Bertz CT molecular complexity index is 1030. The Morgan fingerprint density at radius 3 is 1.93 bits per heavy atom. The molecule has 3 aromatic rings. The lowest BCUT2D eigenvalue weighted by molar-refractivity contribution is -0.133. The molecule has 27 heavy (non-hydrogen) atoms. The molecule has 0 radical (unpaired) electrons. The van der Waals surface area contributed by atoms with Crippen LogP contribution in [0.15, 0.2) is 42.5 Å². The van der Waals surface area contributed by atoms with Crippen LogP contribution < -0.4 is 14.2 Å². The Hall–Kier alpha value is -3.19. The highest BCUT2D eigenvalue weighted by Crippen LogP contribution is 2.41. The second-order valence-electron chi connectivity index (χ2n) is 5.75. The molecule has 6 nitrogen and oxygen atoms in total. The molecule has 0 unspecified atom stereocenters. The van der Waals surface area contributed by atoms with Crippen LogP contribution in [0.3, 0.4) is 0 Å². The second kappa shape index (κ2) is 7.59. The number of esters is 3. The molecule has 0 saturated heterocycles. The van der Waals surface area contributed by atoms with Crippen molar-refractivity contribution in [2.24, 2.45) is 0 Å². The van der Waals surface area contributed by atoms with E-state index in [0.29, 0.717) is 17.2 Å². The molecule has 0 fully saturated rings. The molecule has 3 rings (SSSR count). The Labute approximate surface area is 159 Å². The number of hydrogen-bond acceptors (Lipinski definition) is 7. The van der Waals surface area contributed by atoms with E-state index in [-0.39, 0.29) is 5.97 Å². The van der Waals surface area contributed by atoms with Crippen molar-refractivity contribution in [2.75, 3.05) is 0 Å². The van der Waals surface area contributed by atoms with Crippen molar-refractivity contribution < 1.29 is 28.6 Å². The largest absolute Gasteiger partial charge is 0.427 e. The van der Waals surface area contributed by atoms with Gasteiger partial charge in [-0.05, 0) is 42.0 Å². The monoisotopic (exact) mass is 384 g/mol. The van der Waals surface area contributed by atoms with E-state index >= 15 is 0 Å². The third-order valence-corrected chi connectivity index (χ3v) is 4.62. The molecular formula is C20H16O6S. The van der Waals surface area contributed by atoms with E-state index < -0.39 is 11.9 Å². The zero-order valence-corrected chi connectivity index (χ0v) is 15.7. The number of fused-ring (bicyclic) bond motifs is 1. The van der Waals surface area contributed by atoms with E-state index in [1.165, 1.54) is 38.2 Å². The molecule has 0 saturated carbocycles. The quantitative estimate of drug-likeness (QED) is 0.492. The molecule has 1 aromatic heterocycles. The number of benzene rings is 2. The maximum absolute atomic E-state index is 11.4. The number of carbonyl (C=O) groups excluding carboxylic acids is 3. The molecule has 2 aromatic carbocycles. The third kappa shape index (κ3) is 4.51. The van der Waals surface area contributed by atoms with Gasteiger partial charge >= 0.3 is 17.9 Å². The van der Waals surface area contributed by atoms with Crippen LogP contribution in [0.5, 0.6) is 17.2 Å². The van der Waals surface area contributed by atoms with E-state index in [0.717, 1.165) is 20.5 Å². The summed E-state index contributed by atoms with van der Waals surface area (Å²) >= 11 is 1.46. The zero-order valence-electron chi connectivity index (χ0n) is 14.9. The van der Waals surface area contributed by atoms with Gasteiger partial charge in [-0.2, -0.15) is 0 Å². The molecule has 0 spiro atoms. The molecule has 0 N–H and O–H groups in total. The van der Waals surface area contributed by atoms with Gasteiger partial charge in [-0.15, -0.1) is 11.3 Å². The molecular weight excluding hydrogens is 368 g/mol. The van der Waals surface area contributed by atoms with E-state index in [1.807, 2.05) is 18.2 Å². The van der Waals surface area contributed by atoms with Gasteiger partial charge in [0.05, 0.1) is 0 Å². The SMILES string of the molecule is CC(=O)Oc1ccc(-c2cc3c(OC(C)=O)cc(OC(C)=O)cc3s2)cc1. The average Bonchev–Trinajstić information content (AvgIpc) is 2.98. The summed E-state index contributed by atoms with van der Waals surface area (Å²) in [5.74, 6) is -0.199. The van der Waals surface area contributed by atoms with Crippen molar-refractivity contribution >= 4 is 39.3 Å². The smallest absolute Gasteiger partial charge is 0.308 e. The van der Waals surface area contributed by atoms with Gasteiger partial charge in [-0.25, -0.2) is 0 Å². The van der Waals surface area contributed by atoms with E-state index in [9.17, 15) is 14.4 Å². The summed E-state index contributed by atoms with van der Waals surface area (Å²) in [6.45, 7) is 3.96. The van der Waals surface area contributed by atoms with Crippen LogP contribution in [-0.2, 0) is 14.4 Å². The number of carbonyl (C=O) groups is 3. The van der Waals surface area contributed by atoms with Crippen molar-refractivity contribution in [2.45, 2.75) is 20.8 Å². The van der Waals surface area contributed by atoms with Gasteiger partial charge in [0, 0.05) is 41.8 Å². The fourth-order valence-corrected chi connectivity index (χ4v) is 3.65. The van der Waals surface area contributed by atoms with Gasteiger partial charge in [0.1, 0.15) is 17.2 Å². The Kier molecular flexibility index (Phi) is 5.23. The zero-order chi connectivity index (χ0) is 19.6. The molecule has 1 heterocycles. The molecule has 0 amide bonds. The van der Waals surface area contributed by atoms with Crippen LogP contribution in [0.2, 0.25) is 0 Å². The number of hydrogen-bond donors (Lipinski definition) is 0. The van der Waals surface area contributed by atoms with Gasteiger partial charge in [0.25, 0.3) is 0 Å². The van der Waals surface area contributed by atoms with Crippen molar-refractivity contribution in [1.82, 2.24) is 0 Å². The van der Waals surface area contributed by atoms with Crippen molar-refractivity contribution in [1.29, 1.82) is 0 Å². The minimum absolute atomic E-state index is 0.310. The van der Waals surface area contributed by atoms with E-state index in [4.69, 9.17) is 14.2 Å². The van der Waals surface area contributed by atoms with Crippen LogP contribution in [0.4, 0.5) is 0 Å². The Morgan fingerprint density at radius 1 is 0.741 bits per heavy atom. The maximum atomic E-state index is 11.4. The van der Waals surface area contributed by atoms with E-state index in [1.54, 1.807) is 18.2 Å². The fourth-order valence-electron chi connectivity index (χ4n) is 2.54. The van der Waals surface area contributed by atoms with Crippen LogP contribution in [0, 0.1) is 0 Å². The summed E-state index contributed by atoms with van der Waals surface area (Å²) in [5, 5.41) is 0.741. The lowest BCUT2D eigenvalue weighted by Gasteiger charge is -2.06. The molecule has 138 valence electrons. The first-order valence-electron chi connectivity index (χ1n) is 8.05. The highest BCUT2D eigenvalue weighted by molar-refractivity contribution is 7.22. The fraction of sp³-hybridized carbons (Fsp3) is 0.150. The van der Waals surface area contributed by atoms with Gasteiger partial charge in [-0.3, -0.25) is 14.4 Å². The average molecular weight is 384 g/mol. The van der Waals surface area contributed by atoms with Gasteiger partial charge in [0.15, 0.2) is 0 Å². The summed E-state index contributed by atoms with van der Waals surface area (Å²) < 4.78 is 16.3. The van der Waals surface area contributed by atoms with Crippen molar-refractivity contribution in [3.05, 3.63) is 42.5 Å². The van der Waals surface area contributed by atoms with E-state index in [2.05, 4.69) is 0 Å². The highest BCUT2D eigenvalue weighted by Gasteiger charge is 2.14. The summed E-state index contributed by atoms with van der Waals surface area (Å²) in [5.41, 5.74) is 0.912. The predicted molar refractivity (Wildman–Crippen MR) is 101 cm³/mol. The summed E-state index contributed by atoms with van der Waals surface area (Å²) in [6, 6.07) is 12.2. The first kappa shape index (κ1) is 18.6. The minimum atomic E-state index is -0.463. The minimum Gasteiger partial charge on any atom is -0.427 e. The second-order valence-corrected chi connectivity index (χ2v) is 6.83. The Morgan fingerprint density at radius 2 is 1.33 bits per heavy atom. The van der Waals surface area contributed by atoms with Crippen LogP contribution in [0.25, 0.3) is 20.5 Å². The van der Waals surface area contributed by atoms with Crippen LogP contribution >= 0.6 is 11.3 Å². The molecule has 7 heteroatoms. The number of rotatable bonds is 4. The van der Waals surface area contributed by atoms with Crippen LogP contribution in [-0.4, -0.2) is 17.9 Å². The lowest BCUT2D eigenvalue weighted by Crippen LogP contribution is -2.04.